The first kappa shape index (κ1) is 12.6. The Balaban J connectivity index is 1.52. The van der Waals surface area contributed by atoms with Crippen LogP contribution in [0.2, 0.25) is 0 Å². The molecule has 1 aliphatic carbocycles. The zero-order chi connectivity index (χ0) is 11.9. The Labute approximate surface area is 104 Å². The number of nitrogens with one attached hydrogen (secondary N) is 3. The van der Waals surface area contributed by atoms with Gasteiger partial charge in [-0.1, -0.05) is 6.92 Å². The van der Waals surface area contributed by atoms with Crippen LogP contribution in [0.4, 0.5) is 0 Å². The summed E-state index contributed by atoms with van der Waals surface area (Å²) in [6, 6.07) is 2.21. The summed E-state index contributed by atoms with van der Waals surface area (Å²) in [5, 5.41) is 14.3. The summed E-state index contributed by atoms with van der Waals surface area (Å²) in [6.07, 6.45) is 5.04. The third-order valence-electron chi connectivity index (χ3n) is 3.10. The van der Waals surface area contributed by atoms with E-state index >= 15 is 0 Å². The van der Waals surface area contributed by atoms with Gasteiger partial charge in [-0.2, -0.15) is 5.10 Å². The fraction of sp³-hybridized carbons (Fsp3) is 0.769. The molecular formula is C13H24N4. The Kier molecular flexibility index (Phi) is 5.01. The van der Waals surface area contributed by atoms with Crippen molar-refractivity contribution < 1.29 is 0 Å². The van der Waals surface area contributed by atoms with Gasteiger partial charge in [0.1, 0.15) is 0 Å². The van der Waals surface area contributed by atoms with Crippen molar-refractivity contribution in [2.75, 3.05) is 19.6 Å². The Morgan fingerprint density at radius 2 is 2.12 bits per heavy atom. The normalized spacial score (nSPS) is 15.4. The average molecular weight is 236 g/mol. The minimum atomic E-state index is 0.748. The van der Waals surface area contributed by atoms with Gasteiger partial charge in [-0.3, -0.25) is 5.10 Å². The van der Waals surface area contributed by atoms with Crippen LogP contribution in [-0.2, 0) is 6.54 Å². The lowest BCUT2D eigenvalue weighted by molar-refractivity contribution is 0.588. The number of rotatable bonds is 9. The molecule has 1 fully saturated rings. The van der Waals surface area contributed by atoms with Crippen LogP contribution < -0.4 is 10.6 Å². The summed E-state index contributed by atoms with van der Waals surface area (Å²) >= 11 is 0. The van der Waals surface area contributed by atoms with Crippen LogP contribution in [0.25, 0.3) is 0 Å². The van der Waals surface area contributed by atoms with Gasteiger partial charge in [0.25, 0.3) is 0 Å². The molecule has 1 heterocycles. The summed E-state index contributed by atoms with van der Waals surface area (Å²) in [7, 11) is 0. The zero-order valence-electron chi connectivity index (χ0n) is 10.8. The minimum absolute atomic E-state index is 0.748. The molecule has 0 bridgehead atoms. The molecule has 0 radical (unpaired) electrons. The number of aromatic amines is 1. The van der Waals surface area contributed by atoms with Crippen LogP contribution in [0, 0.1) is 0 Å². The van der Waals surface area contributed by atoms with Gasteiger partial charge in [0.05, 0.1) is 5.69 Å². The lowest BCUT2D eigenvalue weighted by atomic mass is 10.2. The highest BCUT2D eigenvalue weighted by Gasteiger charge is 2.25. The Morgan fingerprint density at radius 3 is 2.88 bits per heavy atom. The van der Waals surface area contributed by atoms with Crippen molar-refractivity contribution in [1.29, 1.82) is 0 Å². The van der Waals surface area contributed by atoms with E-state index in [0.717, 1.165) is 32.1 Å². The highest BCUT2D eigenvalue weighted by Crippen LogP contribution is 2.38. The maximum absolute atomic E-state index is 4.34. The molecule has 1 aromatic heterocycles. The average Bonchev–Trinajstić information content (AvgIpc) is 3.09. The largest absolute Gasteiger partial charge is 0.317 e. The number of aromatic nitrogens is 2. The molecule has 0 atom stereocenters. The van der Waals surface area contributed by atoms with E-state index in [4.69, 9.17) is 0 Å². The smallest absolute Gasteiger partial charge is 0.0656 e. The van der Waals surface area contributed by atoms with Crippen molar-refractivity contribution >= 4 is 0 Å². The van der Waals surface area contributed by atoms with Crippen LogP contribution in [-0.4, -0.2) is 29.8 Å². The van der Waals surface area contributed by atoms with Gasteiger partial charge in [0, 0.05) is 18.2 Å². The van der Waals surface area contributed by atoms with E-state index < -0.39 is 0 Å². The molecule has 1 saturated carbocycles. The van der Waals surface area contributed by atoms with Gasteiger partial charge >= 0.3 is 0 Å². The van der Waals surface area contributed by atoms with E-state index in [1.165, 1.54) is 37.1 Å². The summed E-state index contributed by atoms with van der Waals surface area (Å²) in [4.78, 5) is 0. The fourth-order valence-corrected chi connectivity index (χ4v) is 1.92. The number of hydrogen-bond acceptors (Lipinski definition) is 3. The van der Waals surface area contributed by atoms with Gasteiger partial charge in [0.15, 0.2) is 0 Å². The third kappa shape index (κ3) is 4.48. The van der Waals surface area contributed by atoms with Gasteiger partial charge in [0.2, 0.25) is 0 Å². The molecule has 0 aromatic carbocycles. The van der Waals surface area contributed by atoms with Crippen molar-refractivity contribution in [3.05, 3.63) is 17.5 Å². The topological polar surface area (TPSA) is 52.7 Å². The molecule has 3 N–H and O–H groups in total. The predicted octanol–water partition coefficient (Wildman–Crippen LogP) is 1.77. The highest BCUT2D eigenvalue weighted by molar-refractivity contribution is 5.17. The lowest BCUT2D eigenvalue weighted by Crippen LogP contribution is -2.22. The van der Waals surface area contributed by atoms with Crippen LogP contribution in [0.15, 0.2) is 6.07 Å². The van der Waals surface area contributed by atoms with E-state index in [0.29, 0.717) is 0 Å². The third-order valence-corrected chi connectivity index (χ3v) is 3.10. The van der Waals surface area contributed by atoms with Crippen LogP contribution in [0.5, 0.6) is 0 Å². The van der Waals surface area contributed by atoms with Crippen molar-refractivity contribution in [1.82, 2.24) is 20.8 Å². The summed E-state index contributed by atoms with van der Waals surface area (Å²) in [5.74, 6) is 0.748. The van der Waals surface area contributed by atoms with Crippen molar-refractivity contribution in [3.8, 4) is 0 Å². The summed E-state index contributed by atoms with van der Waals surface area (Å²) < 4.78 is 0. The molecule has 0 aliphatic heterocycles. The lowest BCUT2D eigenvalue weighted by Gasteiger charge is -2.04. The second-order valence-corrected chi connectivity index (χ2v) is 4.87. The van der Waals surface area contributed by atoms with E-state index in [9.17, 15) is 0 Å². The Morgan fingerprint density at radius 1 is 1.29 bits per heavy atom. The van der Waals surface area contributed by atoms with Gasteiger partial charge in [-0.15, -0.1) is 0 Å². The quantitative estimate of drug-likeness (QED) is 0.573. The molecule has 0 unspecified atom stereocenters. The second-order valence-electron chi connectivity index (χ2n) is 4.87. The van der Waals surface area contributed by atoms with E-state index in [-0.39, 0.29) is 0 Å². The zero-order valence-corrected chi connectivity index (χ0v) is 10.8. The molecule has 1 aromatic rings. The maximum atomic E-state index is 4.34. The van der Waals surface area contributed by atoms with Crippen molar-refractivity contribution in [3.63, 3.8) is 0 Å². The molecule has 0 saturated heterocycles. The van der Waals surface area contributed by atoms with Gasteiger partial charge in [-0.05, 0) is 51.4 Å². The Bertz CT molecular complexity index is 317. The number of nitrogens with zero attached hydrogens (tertiary/aromatic N) is 1. The predicted molar refractivity (Wildman–Crippen MR) is 70.0 cm³/mol. The molecular weight excluding hydrogens is 212 g/mol. The number of H-pyrrole nitrogens is 1. The molecule has 2 rings (SSSR count). The number of hydrogen-bond donors (Lipinski definition) is 3. The molecule has 4 heteroatoms. The first-order valence-electron chi connectivity index (χ1n) is 6.85. The molecule has 4 nitrogen and oxygen atoms in total. The molecule has 1 aliphatic rings. The monoisotopic (exact) mass is 236 g/mol. The van der Waals surface area contributed by atoms with Gasteiger partial charge < -0.3 is 10.6 Å². The summed E-state index contributed by atoms with van der Waals surface area (Å²) in [5.41, 5.74) is 2.47. The summed E-state index contributed by atoms with van der Waals surface area (Å²) in [6.45, 7) is 6.41. The second kappa shape index (κ2) is 6.77. The van der Waals surface area contributed by atoms with E-state index in [1.54, 1.807) is 0 Å². The maximum Gasteiger partial charge on any atom is 0.0656 e. The minimum Gasteiger partial charge on any atom is -0.317 e. The van der Waals surface area contributed by atoms with Crippen LogP contribution in [0.3, 0.4) is 0 Å². The first-order valence-corrected chi connectivity index (χ1v) is 6.85. The van der Waals surface area contributed by atoms with E-state index in [1.807, 2.05) is 0 Å². The van der Waals surface area contributed by atoms with Gasteiger partial charge in [-0.25, -0.2) is 0 Å². The molecule has 96 valence electrons. The SMILES string of the molecule is CCCNCCCNCc1cc(C2CC2)n[nH]1. The van der Waals surface area contributed by atoms with E-state index in [2.05, 4.69) is 33.8 Å². The molecule has 0 amide bonds. The Hall–Kier alpha value is -0.870. The van der Waals surface area contributed by atoms with Crippen LogP contribution in [0.1, 0.15) is 49.9 Å². The first-order chi connectivity index (χ1) is 8.40. The highest BCUT2D eigenvalue weighted by atomic mass is 15.1. The van der Waals surface area contributed by atoms with Crippen molar-refractivity contribution in [2.24, 2.45) is 0 Å². The van der Waals surface area contributed by atoms with Crippen LogP contribution >= 0.6 is 0 Å². The van der Waals surface area contributed by atoms with Crippen molar-refractivity contribution in [2.45, 2.75) is 45.1 Å². The fourth-order valence-electron chi connectivity index (χ4n) is 1.92. The molecule has 17 heavy (non-hydrogen) atoms. The standard InChI is InChI=1S/C13H24N4/c1-2-6-14-7-3-8-15-10-12-9-13(17-16-12)11-4-5-11/h9,11,14-15H,2-8,10H2,1H3,(H,16,17). The molecule has 0 spiro atoms.